The van der Waals surface area contributed by atoms with E-state index < -0.39 is 0 Å². The summed E-state index contributed by atoms with van der Waals surface area (Å²) in [6.07, 6.45) is 0. The average Bonchev–Trinajstić information content (AvgIpc) is 3.28. The molecule has 150 valence electrons. The fraction of sp³-hybridized carbons (Fsp3) is 0.333. The number of benzene rings is 2. The zero-order chi connectivity index (χ0) is 20.1. The van der Waals surface area contributed by atoms with E-state index >= 15 is 0 Å². The first-order valence-corrected chi connectivity index (χ1v) is 11.0. The van der Waals surface area contributed by atoms with Crippen molar-refractivity contribution in [1.82, 2.24) is 25.1 Å². The Morgan fingerprint density at radius 1 is 1.00 bits per heavy atom. The van der Waals surface area contributed by atoms with Gasteiger partial charge in [0, 0.05) is 37.5 Å². The third-order valence-electron chi connectivity index (χ3n) is 4.98. The van der Waals surface area contributed by atoms with Crippen molar-refractivity contribution in [1.29, 1.82) is 0 Å². The molecule has 29 heavy (non-hydrogen) atoms. The van der Waals surface area contributed by atoms with Crippen LogP contribution in [0.3, 0.4) is 0 Å². The fourth-order valence-corrected chi connectivity index (χ4v) is 4.00. The van der Waals surface area contributed by atoms with Crippen LogP contribution < -0.4 is 4.90 Å². The van der Waals surface area contributed by atoms with Crippen LogP contribution >= 0.6 is 11.8 Å². The van der Waals surface area contributed by atoms with E-state index in [1.54, 1.807) is 4.68 Å². The summed E-state index contributed by atoms with van der Waals surface area (Å²) in [4.78, 5) is 16.9. The van der Waals surface area contributed by atoms with Gasteiger partial charge in [-0.25, -0.2) is 0 Å². The number of hydrogen-bond donors (Lipinski definition) is 0. The number of rotatable bonds is 6. The van der Waals surface area contributed by atoms with Gasteiger partial charge < -0.3 is 9.80 Å². The molecule has 2 heterocycles. The topological polar surface area (TPSA) is 67.2 Å². The van der Waals surface area contributed by atoms with E-state index in [4.69, 9.17) is 0 Å². The molecule has 1 fully saturated rings. The van der Waals surface area contributed by atoms with Crippen molar-refractivity contribution in [3.05, 3.63) is 65.7 Å². The van der Waals surface area contributed by atoms with Gasteiger partial charge in [-0.3, -0.25) is 4.79 Å². The maximum Gasteiger partial charge on any atom is 0.253 e. The van der Waals surface area contributed by atoms with E-state index in [-0.39, 0.29) is 5.91 Å². The van der Waals surface area contributed by atoms with Gasteiger partial charge in [0.1, 0.15) is 0 Å². The molecule has 7 nitrogen and oxygen atoms in total. The van der Waals surface area contributed by atoms with Crippen molar-refractivity contribution in [2.75, 3.05) is 36.8 Å². The number of hydrogen-bond acceptors (Lipinski definition) is 6. The monoisotopic (exact) mass is 408 g/mol. The molecule has 0 saturated carbocycles. The van der Waals surface area contributed by atoms with Crippen LogP contribution in [0.4, 0.5) is 5.95 Å². The highest BCUT2D eigenvalue weighted by Crippen LogP contribution is 2.19. The lowest BCUT2D eigenvalue weighted by atomic mass is 10.1. The lowest BCUT2D eigenvalue weighted by molar-refractivity contribution is 0.0746. The lowest BCUT2D eigenvalue weighted by Crippen LogP contribution is -2.49. The van der Waals surface area contributed by atoms with Crippen molar-refractivity contribution in [3.63, 3.8) is 0 Å². The number of amides is 1. The van der Waals surface area contributed by atoms with Crippen LogP contribution in [0.1, 0.15) is 22.8 Å². The summed E-state index contributed by atoms with van der Waals surface area (Å²) in [5, 5.41) is 12.2. The Balaban J connectivity index is 1.39. The minimum Gasteiger partial charge on any atom is -0.336 e. The molecule has 0 atom stereocenters. The van der Waals surface area contributed by atoms with Gasteiger partial charge in [0.2, 0.25) is 5.95 Å². The minimum atomic E-state index is 0.0852. The van der Waals surface area contributed by atoms with E-state index in [0.29, 0.717) is 32.1 Å². The van der Waals surface area contributed by atoms with Crippen molar-refractivity contribution in [3.8, 4) is 5.69 Å². The smallest absolute Gasteiger partial charge is 0.253 e. The van der Waals surface area contributed by atoms with E-state index in [9.17, 15) is 4.79 Å². The number of tetrazole rings is 1. The summed E-state index contributed by atoms with van der Waals surface area (Å²) in [5.74, 6) is 2.88. The number of para-hydroxylation sites is 1. The first-order valence-electron chi connectivity index (χ1n) is 9.81. The van der Waals surface area contributed by atoms with Crippen LogP contribution in [0, 0.1) is 0 Å². The van der Waals surface area contributed by atoms with Crippen LogP contribution in [0.2, 0.25) is 0 Å². The molecule has 0 unspecified atom stereocenters. The number of nitrogens with zero attached hydrogens (tertiary/aromatic N) is 6. The van der Waals surface area contributed by atoms with Crippen LogP contribution in [0.5, 0.6) is 0 Å². The summed E-state index contributed by atoms with van der Waals surface area (Å²) >= 11 is 1.88. The van der Waals surface area contributed by atoms with E-state index in [0.717, 1.165) is 22.8 Å². The Morgan fingerprint density at radius 2 is 1.72 bits per heavy atom. The Labute approximate surface area is 174 Å². The second kappa shape index (κ2) is 9.09. The molecule has 3 aromatic rings. The molecule has 1 aromatic heterocycles. The van der Waals surface area contributed by atoms with Crippen LogP contribution in [0.15, 0.2) is 54.6 Å². The summed E-state index contributed by atoms with van der Waals surface area (Å²) in [6, 6.07) is 17.8. The number of aromatic nitrogens is 4. The largest absolute Gasteiger partial charge is 0.336 e. The molecule has 0 aliphatic carbocycles. The summed E-state index contributed by atoms with van der Waals surface area (Å²) in [5.41, 5.74) is 2.93. The Bertz CT molecular complexity index is 935. The van der Waals surface area contributed by atoms with Crippen molar-refractivity contribution < 1.29 is 4.79 Å². The first kappa shape index (κ1) is 19.4. The van der Waals surface area contributed by atoms with Gasteiger partial charge in [-0.05, 0) is 46.0 Å². The Morgan fingerprint density at radius 3 is 2.41 bits per heavy atom. The predicted molar refractivity (Wildman–Crippen MR) is 116 cm³/mol. The molecule has 8 heteroatoms. The SMILES string of the molecule is CCSCc1ccc(C(=O)N2CCN(c3nnnn3-c3ccccc3)CC2)cc1. The highest BCUT2D eigenvalue weighted by atomic mass is 32.2. The van der Waals surface area contributed by atoms with Crippen LogP contribution in [0.25, 0.3) is 5.69 Å². The molecule has 1 saturated heterocycles. The highest BCUT2D eigenvalue weighted by Gasteiger charge is 2.25. The van der Waals surface area contributed by atoms with Gasteiger partial charge in [-0.1, -0.05) is 42.4 Å². The average molecular weight is 409 g/mol. The lowest BCUT2D eigenvalue weighted by Gasteiger charge is -2.34. The second-order valence-electron chi connectivity index (χ2n) is 6.84. The maximum absolute atomic E-state index is 12.9. The fourth-order valence-electron chi connectivity index (χ4n) is 3.37. The molecule has 2 aromatic carbocycles. The molecule has 1 aliphatic rings. The summed E-state index contributed by atoms with van der Waals surface area (Å²) in [7, 11) is 0. The number of thioether (sulfide) groups is 1. The van der Waals surface area contributed by atoms with Crippen molar-refractivity contribution in [2.24, 2.45) is 0 Å². The van der Waals surface area contributed by atoms with E-state index in [1.165, 1.54) is 5.56 Å². The number of anilines is 1. The predicted octanol–water partition coefficient (Wildman–Crippen LogP) is 2.88. The van der Waals surface area contributed by atoms with E-state index in [2.05, 4.69) is 39.5 Å². The normalized spacial score (nSPS) is 14.2. The van der Waals surface area contributed by atoms with Gasteiger partial charge >= 0.3 is 0 Å². The van der Waals surface area contributed by atoms with Gasteiger partial charge in [-0.2, -0.15) is 16.4 Å². The molecule has 4 rings (SSSR count). The van der Waals surface area contributed by atoms with Crippen molar-refractivity contribution >= 4 is 23.6 Å². The third-order valence-corrected chi connectivity index (χ3v) is 5.92. The number of carbonyl (C=O) groups is 1. The van der Waals surface area contributed by atoms with Gasteiger partial charge in [-0.15, -0.1) is 0 Å². The molecule has 0 N–H and O–H groups in total. The van der Waals surface area contributed by atoms with Crippen molar-refractivity contribution in [2.45, 2.75) is 12.7 Å². The summed E-state index contributed by atoms with van der Waals surface area (Å²) < 4.78 is 1.74. The first-order chi connectivity index (χ1) is 14.3. The molecule has 1 aliphatic heterocycles. The molecule has 0 bridgehead atoms. The van der Waals surface area contributed by atoms with Crippen LogP contribution in [-0.2, 0) is 5.75 Å². The number of carbonyl (C=O) groups excluding carboxylic acids is 1. The molecular weight excluding hydrogens is 384 g/mol. The quantitative estimate of drug-likeness (QED) is 0.625. The maximum atomic E-state index is 12.9. The Hall–Kier alpha value is -2.87. The third kappa shape index (κ3) is 4.42. The standard InChI is InChI=1S/C21H24N6OS/c1-2-29-16-17-8-10-18(11-9-17)20(28)25-12-14-26(15-13-25)21-22-23-24-27(21)19-6-4-3-5-7-19/h3-11H,2,12-16H2,1H3. The van der Waals surface area contributed by atoms with Gasteiger partial charge in [0.25, 0.3) is 5.91 Å². The van der Waals surface area contributed by atoms with Gasteiger partial charge in [0.15, 0.2) is 0 Å². The van der Waals surface area contributed by atoms with Gasteiger partial charge in [0.05, 0.1) is 5.69 Å². The highest BCUT2D eigenvalue weighted by molar-refractivity contribution is 7.98. The summed E-state index contributed by atoms with van der Waals surface area (Å²) in [6.45, 7) is 4.84. The molecule has 1 amide bonds. The minimum absolute atomic E-state index is 0.0852. The number of piperazine rings is 1. The zero-order valence-electron chi connectivity index (χ0n) is 16.4. The molecule has 0 spiro atoms. The van der Waals surface area contributed by atoms with Crippen LogP contribution in [-0.4, -0.2) is 62.9 Å². The Kier molecular flexibility index (Phi) is 6.09. The molecule has 0 radical (unpaired) electrons. The van der Waals surface area contributed by atoms with E-state index in [1.807, 2.05) is 59.1 Å². The molecular formula is C21H24N6OS. The second-order valence-corrected chi connectivity index (χ2v) is 8.11. The zero-order valence-corrected chi connectivity index (χ0v) is 17.3.